The molecule has 0 aliphatic carbocycles. The number of amides is 2. The van der Waals surface area contributed by atoms with Crippen LogP contribution in [0.3, 0.4) is 0 Å². The lowest BCUT2D eigenvalue weighted by Gasteiger charge is -2.33. The number of benzene rings is 3. The molecule has 3 aromatic rings. The summed E-state index contributed by atoms with van der Waals surface area (Å²) in [5, 5.41) is 0.578. The van der Waals surface area contributed by atoms with Crippen LogP contribution in [0.1, 0.15) is 27.0 Å². The van der Waals surface area contributed by atoms with Gasteiger partial charge in [0.15, 0.2) is 4.87 Å². The van der Waals surface area contributed by atoms with E-state index in [0.717, 1.165) is 22.4 Å². The number of para-hydroxylation sites is 1. The molecule has 1 saturated heterocycles. The molecule has 1 atom stereocenters. The van der Waals surface area contributed by atoms with Gasteiger partial charge in [0.2, 0.25) is 0 Å². The third-order valence-corrected chi connectivity index (χ3v) is 7.70. The van der Waals surface area contributed by atoms with E-state index in [4.69, 9.17) is 11.6 Å². The standard InChI is InChI=1S/C25H21ClN2O2S/c1-17-6-2-3-7-19(17)16-27-22-9-5-4-8-21(22)25(24(27)30)28(14-15-31-25)23(29)18-10-12-20(26)13-11-18/h2-13H,14-16H2,1H3/t25-/m1/s1. The topological polar surface area (TPSA) is 40.6 Å². The highest BCUT2D eigenvalue weighted by Gasteiger charge is 2.59. The summed E-state index contributed by atoms with van der Waals surface area (Å²) in [6.07, 6.45) is 0. The van der Waals surface area contributed by atoms with Crippen molar-refractivity contribution in [3.8, 4) is 0 Å². The van der Waals surface area contributed by atoms with Crippen molar-refractivity contribution in [2.24, 2.45) is 0 Å². The van der Waals surface area contributed by atoms with Crippen molar-refractivity contribution >= 4 is 40.9 Å². The fourth-order valence-electron chi connectivity index (χ4n) is 4.43. The summed E-state index contributed by atoms with van der Waals surface area (Å²) in [6.45, 7) is 3.05. The van der Waals surface area contributed by atoms with Gasteiger partial charge in [-0.3, -0.25) is 9.59 Å². The van der Waals surface area contributed by atoms with Crippen molar-refractivity contribution < 1.29 is 9.59 Å². The van der Waals surface area contributed by atoms with Crippen LogP contribution < -0.4 is 4.90 Å². The van der Waals surface area contributed by atoms with Gasteiger partial charge in [-0.2, -0.15) is 0 Å². The maximum atomic E-state index is 14.0. The first-order chi connectivity index (χ1) is 15.0. The number of rotatable bonds is 3. The number of hydrogen-bond acceptors (Lipinski definition) is 3. The molecule has 0 aromatic heterocycles. The largest absolute Gasteiger partial charge is 0.311 e. The van der Waals surface area contributed by atoms with Gasteiger partial charge in [-0.25, -0.2) is 0 Å². The average molecular weight is 449 g/mol. The molecule has 0 N–H and O–H groups in total. The van der Waals surface area contributed by atoms with Gasteiger partial charge in [0, 0.05) is 28.4 Å². The van der Waals surface area contributed by atoms with Crippen LogP contribution in [0.15, 0.2) is 72.8 Å². The second-order valence-electron chi connectivity index (χ2n) is 7.79. The number of hydrogen-bond donors (Lipinski definition) is 0. The van der Waals surface area contributed by atoms with E-state index in [-0.39, 0.29) is 11.8 Å². The number of aryl methyl sites for hydroxylation is 1. The van der Waals surface area contributed by atoms with Gasteiger partial charge in [0.1, 0.15) is 0 Å². The van der Waals surface area contributed by atoms with Crippen LogP contribution >= 0.6 is 23.4 Å². The average Bonchev–Trinajstić information content (AvgIpc) is 3.32. The minimum atomic E-state index is -1.03. The normalized spacial score (nSPS) is 19.9. The number of fused-ring (bicyclic) bond motifs is 2. The predicted molar refractivity (Wildman–Crippen MR) is 125 cm³/mol. The zero-order chi connectivity index (χ0) is 21.6. The van der Waals surface area contributed by atoms with Gasteiger partial charge < -0.3 is 9.80 Å². The van der Waals surface area contributed by atoms with Gasteiger partial charge in [0.25, 0.3) is 11.8 Å². The van der Waals surface area contributed by atoms with Crippen molar-refractivity contribution in [2.75, 3.05) is 17.2 Å². The monoisotopic (exact) mass is 448 g/mol. The number of halogens is 1. The maximum absolute atomic E-state index is 14.0. The number of thioether (sulfide) groups is 1. The highest BCUT2D eigenvalue weighted by Crippen LogP contribution is 2.54. The zero-order valence-electron chi connectivity index (χ0n) is 17.0. The smallest absolute Gasteiger partial charge is 0.268 e. The highest BCUT2D eigenvalue weighted by atomic mass is 35.5. The summed E-state index contributed by atoms with van der Waals surface area (Å²) in [7, 11) is 0. The Bertz CT molecular complexity index is 1180. The minimum absolute atomic E-state index is 0.0539. The Balaban J connectivity index is 1.58. The molecule has 4 nitrogen and oxygen atoms in total. The SMILES string of the molecule is Cc1ccccc1CN1C(=O)[C@]2(SCCN2C(=O)c2ccc(Cl)cc2)c2ccccc21. The van der Waals surface area contributed by atoms with Crippen molar-refractivity contribution in [2.45, 2.75) is 18.3 Å². The second kappa shape index (κ2) is 7.74. The van der Waals surface area contributed by atoms with Crippen molar-refractivity contribution in [1.29, 1.82) is 0 Å². The van der Waals surface area contributed by atoms with Crippen LogP contribution in [0.25, 0.3) is 0 Å². The Kier molecular flexibility index (Phi) is 5.03. The van der Waals surface area contributed by atoms with E-state index in [1.165, 1.54) is 0 Å². The molecule has 5 rings (SSSR count). The van der Waals surface area contributed by atoms with E-state index in [0.29, 0.717) is 29.4 Å². The zero-order valence-corrected chi connectivity index (χ0v) is 18.6. The lowest BCUT2D eigenvalue weighted by atomic mass is 10.0. The van der Waals surface area contributed by atoms with Crippen molar-refractivity contribution in [3.05, 3.63) is 100 Å². The molecule has 31 heavy (non-hydrogen) atoms. The van der Waals surface area contributed by atoms with E-state index in [1.54, 1.807) is 40.9 Å². The van der Waals surface area contributed by atoms with Crippen LogP contribution in [0.4, 0.5) is 5.69 Å². The van der Waals surface area contributed by atoms with Gasteiger partial charge in [-0.05, 0) is 48.4 Å². The summed E-state index contributed by atoms with van der Waals surface area (Å²) in [6, 6.07) is 22.8. The summed E-state index contributed by atoms with van der Waals surface area (Å²) < 4.78 is 0. The summed E-state index contributed by atoms with van der Waals surface area (Å²) >= 11 is 7.55. The van der Waals surface area contributed by atoms with Crippen LogP contribution in [-0.4, -0.2) is 29.0 Å². The Morgan fingerprint density at radius 2 is 1.74 bits per heavy atom. The molecular weight excluding hydrogens is 428 g/mol. The fraction of sp³-hybridized carbons (Fsp3) is 0.200. The summed E-state index contributed by atoms with van der Waals surface area (Å²) in [5.74, 6) is 0.502. The van der Waals surface area contributed by atoms with Gasteiger partial charge in [-0.1, -0.05) is 54.1 Å². The molecule has 2 heterocycles. The third-order valence-electron chi connectivity index (χ3n) is 6.03. The van der Waals surface area contributed by atoms with Crippen molar-refractivity contribution in [3.63, 3.8) is 0 Å². The van der Waals surface area contributed by atoms with Gasteiger partial charge in [0.05, 0.1) is 12.2 Å². The van der Waals surface area contributed by atoms with E-state index < -0.39 is 4.87 Å². The third kappa shape index (κ3) is 3.15. The maximum Gasteiger partial charge on any atom is 0.268 e. The molecule has 2 aliphatic heterocycles. The fourth-order valence-corrected chi connectivity index (χ4v) is 6.02. The lowest BCUT2D eigenvalue weighted by Crippen LogP contribution is -2.50. The number of anilines is 1. The molecule has 1 fully saturated rings. The second-order valence-corrected chi connectivity index (χ2v) is 9.52. The predicted octanol–water partition coefficient (Wildman–Crippen LogP) is 5.24. The van der Waals surface area contributed by atoms with Crippen LogP contribution in [-0.2, 0) is 16.2 Å². The molecule has 0 saturated carbocycles. The quantitative estimate of drug-likeness (QED) is 0.550. The first-order valence-corrected chi connectivity index (χ1v) is 11.6. The Morgan fingerprint density at radius 3 is 2.52 bits per heavy atom. The Labute approximate surface area is 190 Å². The molecule has 1 spiro atoms. The van der Waals surface area contributed by atoms with Crippen LogP contribution in [0.5, 0.6) is 0 Å². The molecule has 0 unspecified atom stereocenters. The Morgan fingerprint density at radius 1 is 1.03 bits per heavy atom. The number of carbonyl (C=O) groups excluding carboxylic acids is 2. The Hall–Kier alpha value is -2.76. The minimum Gasteiger partial charge on any atom is -0.311 e. The van der Waals surface area contributed by atoms with Crippen molar-refractivity contribution in [1.82, 2.24) is 4.90 Å². The summed E-state index contributed by atoms with van der Waals surface area (Å²) in [5.41, 5.74) is 4.54. The first kappa shape index (κ1) is 20.2. The van der Waals surface area contributed by atoms with E-state index in [1.807, 2.05) is 41.3 Å². The molecule has 0 bridgehead atoms. The van der Waals surface area contributed by atoms with E-state index >= 15 is 0 Å². The molecule has 2 amide bonds. The molecule has 3 aromatic carbocycles. The molecule has 2 aliphatic rings. The molecule has 6 heteroatoms. The highest BCUT2D eigenvalue weighted by molar-refractivity contribution is 8.01. The summed E-state index contributed by atoms with van der Waals surface area (Å²) in [4.78, 5) is 30.0. The van der Waals surface area contributed by atoms with Gasteiger partial charge in [-0.15, -0.1) is 11.8 Å². The molecule has 156 valence electrons. The van der Waals surface area contributed by atoms with Crippen LogP contribution in [0.2, 0.25) is 5.02 Å². The molecular formula is C25H21ClN2O2S. The number of nitrogens with zero attached hydrogens (tertiary/aromatic N) is 2. The van der Waals surface area contributed by atoms with Gasteiger partial charge >= 0.3 is 0 Å². The first-order valence-electron chi connectivity index (χ1n) is 10.2. The molecule has 0 radical (unpaired) electrons. The van der Waals surface area contributed by atoms with E-state index in [2.05, 4.69) is 19.1 Å². The van der Waals surface area contributed by atoms with E-state index in [9.17, 15) is 9.59 Å². The number of carbonyl (C=O) groups is 2. The lowest BCUT2D eigenvalue weighted by molar-refractivity contribution is -0.123. The van der Waals surface area contributed by atoms with Crippen LogP contribution in [0, 0.1) is 6.92 Å².